The summed E-state index contributed by atoms with van der Waals surface area (Å²) in [6.07, 6.45) is -5.64. The molecule has 3 nitrogen and oxygen atoms in total. The summed E-state index contributed by atoms with van der Waals surface area (Å²) in [7, 11) is -3.59. The topological polar surface area (TPSA) is 54.4 Å². The predicted octanol–water partition coefficient (Wildman–Crippen LogP) is 1.92. The number of hydrogen-bond donors (Lipinski definition) is 1. The molecule has 102 valence electrons. The van der Waals surface area contributed by atoms with Crippen molar-refractivity contribution in [3.8, 4) is 0 Å². The molecular weight excluding hydrogens is 276 g/mol. The van der Waals surface area contributed by atoms with Crippen molar-refractivity contribution < 1.29 is 31.1 Å². The van der Waals surface area contributed by atoms with Gasteiger partial charge in [-0.25, -0.2) is 12.8 Å². The number of halogens is 4. The molecule has 0 saturated carbocycles. The molecule has 0 heterocycles. The molecular formula is C10H10F4O3S. The van der Waals surface area contributed by atoms with Gasteiger partial charge in [0.25, 0.3) is 0 Å². The van der Waals surface area contributed by atoms with Crippen LogP contribution in [0, 0.1) is 5.82 Å². The van der Waals surface area contributed by atoms with Gasteiger partial charge in [0.1, 0.15) is 15.7 Å². The molecule has 0 radical (unpaired) electrons. The molecule has 0 fully saturated rings. The van der Waals surface area contributed by atoms with E-state index in [1.807, 2.05) is 0 Å². The number of aliphatic hydroxyl groups is 1. The average Bonchev–Trinajstić information content (AvgIpc) is 2.12. The van der Waals surface area contributed by atoms with E-state index in [0.717, 1.165) is 6.26 Å². The smallest absolute Gasteiger partial charge is 0.387 e. The molecule has 0 bridgehead atoms. The van der Waals surface area contributed by atoms with Gasteiger partial charge in [-0.2, -0.15) is 13.2 Å². The summed E-state index contributed by atoms with van der Waals surface area (Å²) in [5.74, 6) is -1.96. The minimum absolute atomic E-state index is 0.274. The maximum atomic E-state index is 13.0. The van der Waals surface area contributed by atoms with Crippen LogP contribution < -0.4 is 0 Å². The summed E-state index contributed by atoms with van der Waals surface area (Å²) >= 11 is 0. The molecule has 0 saturated heterocycles. The number of benzene rings is 1. The number of sulfone groups is 1. The maximum Gasteiger partial charge on any atom is 0.416 e. The van der Waals surface area contributed by atoms with Crippen molar-refractivity contribution in [1.29, 1.82) is 0 Å². The molecule has 0 aliphatic rings. The SMILES string of the molecule is CS(=O)(=O)CC(O)c1cc(F)cc(C(F)(F)F)c1. The van der Waals surface area contributed by atoms with Crippen LogP contribution in [0.4, 0.5) is 17.6 Å². The van der Waals surface area contributed by atoms with E-state index in [9.17, 15) is 31.1 Å². The Balaban J connectivity index is 3.14. The third-order valence-corrected chi connectivity index (χ3v) is 3.01. The average molecular weight is 286 g/mol. The highest BCUT2D eigenvalue weighted by Crippen LogP contribution is 2.31. The lowest BCUT2D eigenvalue weighted by Gasteiger charge is -2.13. The van der Waals surface area contributed by atoms with E-state index >= 15 is 0 Å². The molecule has 0 aliphatic heterocycles. The Labute approximate surface area is 101 Å². The second-order valence-corrected chi connectivity index (χ2v) is 6.06. The van der Waals surface area contributed by atoms with Crippen LogP contribution in [-0.2, 0) is 16.0 Å². The highest BCUT2D eigenvalue weighted by atomic mass is 32.2. The van der Waals surface area contributed by atoms with Crippen molar-refractivity contribution in [1.82, 2.24) is 0 Å². The monoisotopic (exact) mass is 286 g/mol. The zero-order chi connectivity index (χ0) is 14.1. The van der Waals surface area contributed by atoms with E-state index in [1.165, 1.54) is 0 Å². The fourth-order valence-electron chi connectivity index (χ4n) is 1.35. The van der Waals surface area contributed by atoms with Gasteiger partial charge in [-0.3, -0.25) is 0 Å². The third-order valence-electron chi connectivity index (χ3n) is 2.09. The molecule has 0 amide bonds. The quantitative estimate of drug-likeness (QED) is 0.864. The van der Waals surface area contributed by atoms with E-state index in [0.29, 0.717) is 12.1 Å². The maximum absolute atomic E-state index is 13.0. The Morgan fingerprint density at radius 1 is 1.28 bits per heavy atom. The summed E-state index contributed by atoms with van der Waals surface area (Å²) in [6.45, 7) is 0. The fourth-order valence-corrected chi connectivity index (χ4v) is 2.12. The van der Waals surface area contributed by atoms with Crippen molar-refractivity contribution in [2.75, 3.05) is 12.0 Å². The standard InChI is InChI=1S/C10H10F4O3S/c1-18(16,17)5-9(15)6-2-7(10(12,13)14)4-8(11)3-6/h2-4,9,15H,5H2,1H3. The normalized spacial score (nSPS) is 14.6. The van der Waals surface area contributed by atoms with Crippen molar-refractivity contribution >= 4 is 9.84 Å². The van der Waals surface area contributed by atoms with Gasteiger partial charge in [0.15, 0.2) is 0 Å². The van der Waals surface area contributed by atoms with Crippen LogP contribution in [0.2, 0.25) is 0 Å². The van der Waals surface area contributed by atoms with Crippen molar-refractivity contribution in [2.24, 2.45) is 0 Å². The summed E-state index contributed by atoms with van der Waals surface area (Å²) in [5, 5.41) is 9.46. The van der Waals surface area contributed by atoms with E-state index in [4.69, 9.17) is 0 Å². The van der Waals surface area contributed by atoms with E-state index < -0.39 is 44.8 Å². The zero-order valence-corrected chi connectivity index (χ0v) is 10.0. The first-order valence-corrected chi connectivity index (χ1v) is 6.78. The first-order valence-electron chi connectivity index (χ1n) is 4.72. The first kappa shape index (κ1) is 14.9. The lowest BCUT2D eigenvalue weighted by molar-refractivity contribution is -0.137. The largest absolute Gasteiger partial charge is 0.416 e. The van der Waals surface area contributed by atoms with Gasteiger partial charge in [-0.1, -0.05) is 0 Å². The van der Waals surface area contributed by atoms with Crippen LogP contribution in [0.1, 0.15) is 17.2 Å². The van der Waals surface area contributed by atoms with Gasteiger partial charge in [0, 0.05) is 6.26 Å². The molecule has 1 aromatic carbocycles. The van der Waals surface area contributed by atoms with Gasteiger partial charge >= 0.3 is 6.18 Å². The van der Waals surface area contributed by atoms with E-state index in [1.54, 1.807) is 0 Å². The second kappa shape index (κ2) is 4.85. The lowest BCUT2D eigenvalue weighted by Crippen LogP contribution is -2.14. The molecule has 8 heteroatoms. The molecule has 1 aromatic rings. The van der Waals surface area contributed by atoms with Gasteiger partial charge in [-0.15, -0.1) is 0 Å². The Kier molecular flexibility index (Phi) is 4.02. The van der Waals surface area contributed by atoms with Crippen molar-refractivity contribution in [3.63, 3.8) is 0 Å². The minimum Gasteiger partial charge on any atom is -0.387 e. The Hall–Kier alpha value is -1.15. The summed E-state index contributed by atoms with van der Waals surface area (Å²) < 4.78 is 72.0. The van der Waals surface area contributed by atoms with Crippen LogP contribution >= 0.6 is 0 Å². The van der Waals surface area contributed by atoms with Crippen LogP contribution in [0.25, 0.3) is 0 Å². The molecule has 0 aromatic heterocycles. The number of rotatable bonds is 3. The first-order chi connectivity index (χ1) is 7.99. The van der Waals surface area contributed by atoms with Crippen LogP contribution in [0.5, 0.6) is 0 Å². The van der Waals surface area contributed by atoms with E-state index in [2.05, 4.69) is 0 Å². The highest BCUT2D eigenvalue weighted by Gasteiger charge is 2.32. The van der Waals surface area contributed by atoms with Crippen molar-refractivity contribution in [2.45, 2.75) is 12.3 Å². The molecule has 0 spiro atoms. The van der Waals surface area contributed by atoms with Gasteiger partial charge in [0.2, 0.25) is 0 Å². The van der Waals surface area contributed by atoms with E-state index in [-0.39, 0.29) is 6.07 Å². The Bertz CT molecular complexity index is 537. The molecule has 0 aliphatic carbocycles. The second-order valence-electron chi connectivity index (χ2n) is 3.88. The Morgan fingerprint density at radius 2 is 1.83 bits per heavy atom. The number of hydrogen-bond acceptors (Lipinski definition) is 3. The van der Waals surface area contributed by atoms with Gasteiger partial charge in [-0.05, 0) is 23.8 Å². The molecule has 1 atom stereocenters. The number of aliphatic hydroxyl groups excluding tert-OH is 1. The van der Waals surface area contributed by atoms with Crippen molar-refractivity contribution in [3.05, 3.63) is 35.1 Å². The zero-order valence-electron chi connectivity index (χ0n) is 9.20. The predicted molar refractivity (Wildman–Crippen MR) is 56.1 cm³/mol. The summed E-state index contributed by atoms with van der Waals surface area (Å²) in [4.78, 5) is 0. The fraction of sp³-hybridized carbons (Fsp3) is 0.400. The molecule has 1 rings (SSSR count). The number of alkyl halides is 3. The highest BCUT2D eigenvalue weighted by molar-refractivity contribution is 7.90. The minimum atomic E-state index is -4.76. The summed E-state index contributed by atoms with van der Waals surface area (Å²) in [5.41, 5.74) is -1.70. The van der Waals surface area contributed by atoms with Gasteiger partial charge in [0.05, 0.1) is 17.4 Å². The summed E-state index contributed by atoms with van der Waals surface area (Å²) in [6, 6.07) is 1.47. The molecule has 18 heavy (non-hydrogen) atoms. The molecule has 1 N–H and O–H groups in total. The lowest BCUT2D eigenvalue weighted by atomic mass is 10.1. The Morgan fingerprint density at radius 3 is 2.28 bits per heavy atom. The third kappa shape index (κ3) is 4.26. The van der Waals surface area contributed by atoms with Crippen LogP contribution in [0.15, 0.2) is 18.2 Å². The van der Waals surface area contributed by atoms with Crippen LogP contribution in [0.3, 0.4) is 0 Å². The van der Waals surface area contributed by atoms with Gasteiger partial charge < -0.3 is 5.11 Å². The van der Waals surface area contributed by atoms with Crippen LogP contribution in [-0.4, -0.2) is 25.5 Å². The molecule has 1 unspecified atom stereocenters.